The lowest BCUT2D eigenvalue weighted by Crippen LogP contribution is -2.41. The van der Waals surface area contributed by atoms with Crippen molar-refractivity contribution < 1.29 is 14.7 Å². The van der Waals surface area contributed by atoms with Crippen LogP contribution in [0.4, 0.5) is 0 Å². The average molecular weight is 265 g/mol. The topological polar surface area (TPSA) is 66.4 Å². The molecule has 0 saturated heterocycles. The number of benzene rings is 1. The van der Waals surface area contributed by atoms with Gasteiger partial charge < -0.3 is 10.4 Å². The molecule has 0 unspecified atom stereocenters. The van der Waals surface area contributed by atoms with E-state index in [1.165, 1.54) is 11.8 Å². The molecule has 5 heteroatoms. The Kier molecular flexibility index (Phi) is 6.00. The zero-order chi connectivity index (χ0) is 13.4. The molecule has 0 fully saturated rings. The summed E-state index contributed by atoms with van der Waals surface area (Å²) in [5.74, 6) is -0.466. The number of carboxylic acid groups (broad SMARTS) is 1. The monoisotopic (exact) mass is 265 g/mol. The molecule has 1 aromatic carbocycles. The van der Waals surface area contributed by atoms with Crippen LogP contribution in [-0.4, -0.2) is 28.8 Å². The minimum Gasteiger partial charge on any atom is -0.480 e. The van der Waals surface area contributed by atoms with Crippen LogP contribution in [0.25, 0.3) is 0 Å². The van der Waals surface area contributed by atoms with Crippen molar-refractivity contribution in [3.8, 4) is 0 Å². The predicted octanol–water partition coefficient (Wildman–Crippen LogP) is 1.68. The highest BCUT2D eigenvalue weighted by molar-refractivity contribution is 7.98. The van der Waals surface area contributed by atoms with E-state index in [1.54, 1.807) is 0 Å². The first-order valence-electron chi connectivity index (χ1n) is 5.41. The van der Waals surface area contributed by atoms with Crippen molar-refractivity contribution in [2.45, 2.75) is 11.8 Å². The van der Waals surface area contributed by atoms with Gasteiger partial charge in [0.05, 0.1) is 0 Å². The molecule has 96 valence electrons. The van der Waals surface area contributed by atoms with Crippen molar-refractivity contribution in [1.82, 2.24) is 5.32 Å². The first kappa shape index (κ1) is 14.3. The van der Waals surface area contributed by atoms with Crippen molar-refractivity contribution in [1.29, 1.82) is 0 Å². The van der Waals surface area contributed by atoms with Gasteiger partial charge in [0, 0.05) is 11.5 Å². The second-order valence-corrected chi connectivity index (χ2v) is 4.63. The van der Waals surface area contributed by atoms with E-state index in [2.05, 4.69) is 11.9 Å². The summed E-state index contributed by atoms with van der Waals surface area (Å²) in [4.78, 5) is 22.0. The van der Waals surface area contributed by atoms with E-state index < -0.39 is 17.9 Å². The van der Waals surface area contributed by atoms with Crippen LogP contribution < -0.4 is 5.32 Å². The average Bonchev–Trinajstić information content (AvgIpc) is 2.38. The maximum absolute atomic E-state index is 11.1. The van der Waals surface area contributed by atoms with Crippen molar-refractivity contribution >= 4 is 23.6 Å². The van der Waals surface area contributed by atoms with Gasteiger partial charge in [-0.2, -0.15) is 11.8 Å². The van der Waals surface area contributed by atoms with Crippen LogP contribution >= 0.6 is 11.8 Å². The number of hydrogen-bond acceptors (Lipinski definition) is 3. The van der Waals surface area contributed by atoms with Gasteiger partial charge in [-0.3, -0.25) is 4.79 Å². The summed E-state index contributed by atoms with van der Waals surface area (Å²) in [6, 6.07) is 8.87. The van der Waals surface area contributed by atoms with Gasteiger partial charge >= 0.3 is 5.97 Å². The number of rotatable bonds is 7. The summed E-state index contributed by atoms with van der Waals surface area (Å²) < 4.78 is 0. The van der Waals surface area contributed by atoms with Gasteiger partial charge in [0.2, 0.25) is 5.91 Å². The lowest BCUT2D eigenvalue weighted by molar-refractivity contribution is -0.140. The van der Waals surface area contributed by atoms with Crippen LogP contribution in [0.2, 0.25) is 0 Å². The van der Waals surface area contributed by atoms with Crippen LogP contribution in [0, 0.1) is 0 Å². The Balaban J connectivity index is 2.41. The van der Waals surface area contributed by atoms with Crippen molar-refractivity contribution in [2.75, 3.05) is 5.75 Å². The van der Waals surface area contributed by atoms with Crippen molar-refractivity contribution in [3.63, 3.8) is 0 Å². The van der Waals surface area contributed by atoms with Crippen LogP contribution in [0.1, 0.15) is 5.56 Å². The molecule has 4 nitrogen and oxygen atoms in total. The number of thioether (sulfide) groups is 1. The molecule has 1 aromatic rings. The first-order chi connectivity index (χ1) is 8.63. The number of nitrogens with one attached hydrogen (secondary N) is 1. The molecular formula is C13H15NO3S. The van der Waals surface area contributed by atoms with E-state index in [0.717, 1.165) is 11.6 Å². The maximum Gasteiger partial charge on any atom is 0.327 e. The number of aliphatic carboxylic acids is 1. The minimum absolute atomic E-state index is 0.323. The van der Waals surface area contributed by atoms with E-state index in [4.69, 9.17) is 5.11 Å². The highest BCUT2D eigenvalue weighted by Crippen LogP contribution is 2.12. The van der Waals surface area contributed by atoms with Crippen LogP contribution in [0.15, 0.2) is 43.0 Å². The Labute approximate surface area is 110 Å². The molecule has 0 aliphatic heterocycles. The van der Waals surface area contributed by atoms with Gasteiger partial charge in [-0.05, 0) is 11.6 Å². The minimum atomic E-state index is -1.04. The van der Waals surface area contributed by atoms with Crippen LogP contribution in [-0.2, 0) is 15.3 Å². The second-order valence-electron chi connectivity index (χ2n) is 3.60. The zero-order valence-corrected chi connectivity index (χ0v) is 10.7. The van der Waals surface area contributed by atoms with Crippen LogP contribution in [0.5, 0.6) is 0 Å². The summed E-state index contributed by atoms with van der Waals surface area (Å²) in [5.41, 5.74) is 1.13. The Morgan fingerprint density at radius 3 is 2.61 bits per heavy atom. The molecule has 18 heavy (non-hydrogen) atoms. The van der Waals surface area contributed by atoms with Gasteiger partial charge in [0.15, 0.2) is 0 Å². The van der Waals surface area contributed by atoms with E-state index >= 15 is 0 Å². The van der Waals surface area contributed by atoms with E-state index in [9.17, 15) is 9.59 Å². The quantitative estimate of drug-likeness (QED) is 0.736. The lowest BCUT2D eigenvalue weighted by Gasteiger charge is -2.12. The molecule has 1 atom stereocenters. The number of amides is 1. The number of hydrogen-bond donors (Lipinski definition) is 2. The molecule has 1 amide bonds. The third-order valence-electron chi connectivity index (χ3n) is 2.20. The maximum atomic E-state index is 11.1. The van der Waals surface area contributed by atoms with Gasteiger partial charge in [0.25, 0.3) is 0 Å². The SMILES string of the molecule is C=CC(=O)N[C@@H](CSCc1ccccc1)C(=O)O. The molecule has 0 saturated carbocycles. The summed E-state index contributed by atoms with van der Waals surface area (Å²) in [7, 11) is 0. The van der Waals surface area contributed by atoms with Gasteiger partial charge in [-0.15, -0.1) is 0 Å². The van der Waals surface area contributed by atoms with Crippen molar-refractivity contribution in [2.24, 2.45) is 0 Å². The molecule has 0 bridgehead atoms. The number of carbonyl (C=O) groups excluding carboxylic acids is 1. The smallest absolute Gasteiger partial charge is 0.327 e. The second kappa shape index (κ2) is 7.55. The summed E-state index contributed by atoms with van der Waals surface area (Å²) in [6.45, 7) is 3.29. The Morgan fingerprint density at radius 1 is 1.39 bits per heavy atom. The molecule has 0 heterocycles. The fourth-order valence-electron chi connectivity index (χ4n) is 1.27. The van der Waals surface area contributed by atoms with Crippen LogP contribution in [0.3, 0.4) is 0 Å². The Hall–Kier alpha value is -1.75. The summed E-state index contributed by atoms with van der Waals surface area (Å²) >= 11 is 1.47. The number of carbonyl (C=O) groups is 2. The highest BCUT2D eigenvalue weighted by atomic mass is 32.2. The molecule has 0 aliphatic carbocycles. The van der Waals surface area contributed by atoms with E-state index in [1.807, 2.05) is 30.3 Å². The summed E-state index contributed by atoms with van der Waals surface area (Å²) in [5, 5.41) is 11.3. The van der Waals surface area contributed by atoms with Gasteiger partial charge in [-0.1, -0.05) is 36.9 Å². The van der Waals surface area contributed by atoms with E-state index in [0.29, 0.717) is 11.5 Å². The predicted molar refractivity (Wildman–Crippen MR) is 72.4 cm³/mol. The molecule has 0 spiro atoms. The fraction of sp³-hybridized carbons (Fsp3) is 0.231. The van der Waals surface area contributed by atoms with E-state index in [-0.39, 0.29) is 0 Å². The molecule has 0 aliphatic rings. The molecular weight excluding hydrogens is 250 g/mol. The molecule has 0 radical (unpaired) electrons. The first-order valence-corrected chi connectivity index (χ1v) is 6.56. The third-order valence-corrected chi connectivity index (χ3v) is 3.30. The normalized spacial score (nSPS) is 11.6. The van der Waals surface area contributed by atoms with Gasteiger partial charge in [0.1, 0.15) is 6.04 Å². The zero-order valence-electron chi connectivity index (χ0n) is 9.83. The van der Waals surface area contributed by atoms with Gasteiger partial charge in [-0.25, -0.2) is 4.79 Å². The fourth-order valence-corrected chi connectivity index (χ4v) is 2.28. The lowest BCUT2D eigenvalue weighted by atomic mass is 10.2. The largest absolute Gasteiger partial charge is 0.480 e. The Morgan fingerprint density at radius 2 is 2.06 bits per heavy atom. The Bertz CT molecular complexity index is 420. The molecule has 0 aromatic heterocycles. The third kappa shape index (κ3) is 5.05. The number of carboxylic acids is 1. The highest BCUT2D eigenvalue weighted by Gasteiger charge is 2.18. The summed E-state index contributed by atoms with van der Waals surface area (Å²) in [6.07, 6.45) is 1.07. The molecule has 2 N–H and O–H groups in total. The van der Waals surface area contributed by atoms with Crippen molar-refractivity contribution in [3.05, 3.63) is 48.6 Å². The standard InChI is InChI=1S/C13H15NO3S/c1-2-12(15)14-11(13(16)17)9-18-8-10-6-4-3-5-7-10/h2-7,11H,1,8-9H2,(H,14,15)(H,16,17)/t11-/m0/s1. The molecule has 1 rings (SSSR count).